The topological polar surface area (TPSA) is 46.3 Å². The van der Waals surface area contributed by atoms with Crippen molar-refractivity contribution in [1.82, 2.24) is 10.1 Å². The molecule has 4 nitrogen and oxygen atoms in total. The van der Waals surface area contributed by atoms with E-state index in [0.29, 0.717) is 6.54 Å². The summed E-state index contributed by atoms with van der Waals surface area (Å²) in [7, 11) is 0. The van der Waals surface area contributed by atoms with Gasteiger partial charge in [0.25, 0.3) is 5.91 Å². The van der Waals surface area contributed by atoms with Gasteiger partial charge in [0, 0.05) is 12.6 Å². The molecule has 1 aromatic heterocycles. The Morgan fingerprint density at radius 1 is 1.25 bits per heavy atom. The number of benzene rings is 1. The first-order valence-corrected chi connectivity index (χ1v) is 6.73. The zero-order chi connectivity index (χ0) is 13.9. The maximum Gasteiger partial charge on any atom is 0.292 e. The number of aromatic nitrogens is 1. The van der Waals surface area contributed by atoms with Crippen LogP contribution in [0.2, 0.25) is 0 Å². The zero-order valence-electron chi connectivity index (χ0n) is 11.0. The van der Waals surface area contributed by atoms with Gasteiger partial charge < -0.3 is 9.42 Å². The van der Waals surface area contributed by atoms with E-state index in [1.165, 1.54) is 18.3 Å². The van der Waals surface area contributed by atoms with Crippen LogP contribution >= 0.6 is 0 Å². The average molecular weight is 274 g/mol. The van der Waals surface area contributed by atoms with E-state index in [1.807, 2.05) is 0 Å². The van der Waals surface area contributed by atoms with E-state index in [0.717, 1.165) is 24.8 Å². The summed E-state index contributed by atoms with van der Waals surface area (Å²) in [6, 6.07) is 7.89. The number of rotatable bonds is 2. The van der Waals surface area contributed by atoms with Crippen molar-refractivity contribution in [2.75, 3.05) is 6.54 Å². The first-order valence-electron chi connectivity index (χ1n) is 6.73. The number of carbonyl (C=O) groups is 1. The Morgan fingerprint density at radius 3 is 2.75 bits per heavy atom. The molecular formula is C15H15FN2O2. The highest BCUT2D eigenvalue weighted by molar-refractivity contribution is 5.91. The number of nitrogens with zero attached hydrogens (tertiary/aromatic N) is 2. The van der Waals surface area contributed by atoms with Gasteiger partial charge in [-0.3, -0.25) is 4.79 Å². The molecule has 1 saturated heterocycles. The lowest BCUT2D eigenvalue weighted by atomic mass is 9.95. The number of halogens is 1. The number of carbonyl (C=O) groups excluding carboxylic acids is 1. The van der Waals surface area contributed by atoms with Gasteiger partial charge in [0.05, 0.1) is 12.2 Å². The molecule has 5 heteroatoms. The van der Waals surface area contributed by atoms with E-state index >= 15 is 0 Å². The molecule has 1 unspecified atom stereocenters. The number of hydrogen-bond donors (Lipinski definition) is 0. The Balaban J connectivity index is 1.87. The summed E-state index contributed by atoms with van der Waals surface area (Å²) in [6.45, 7) is 0.682. The minimum atomic E-state index is -0.266. The fourth-order valence-electron chi connectivity index (χ4n) is 2.67. The summed E-state index contributed by atoms with van der Waals surface area (Å²) < 4.78 is 18.0. The molecule has 1 aromatic carbocycles. The monoisotopic (exact) mass is 274 g/mol. The zero-order valence-corrected chi connectivity index (χ0v) is 11.0. The minimum absolute atomic E-state index is 0.0260. The smallest absolute Gasteiger partial charge is 0.292 e. The van der Waals surface area contributed by atoms with Crippen molar-refractivity contribution in [3.8, 4) is 0 Å². The SMILES string of the molecule is O=C(c1ccno1)N1CCCCC1c1ccc(F)cc1. The second kappa shape index (κ2) is 5.45. The van der Waals surface area contributed by atoms with Crippen LogP contribution in [-0.2, 0) is 0 Å². The Morgan fingerprint density at radius 2 is 2.05 bits per heavy atom. The number of likely N-dealkylation sites (tertiary alicyclic amines) is 1. The van der Waals surface area contributed by atoms with Crippen LogP contribution in [0.15, 0.2) is 41.1 Å². The van der Waals surface area contributed by atoms with Crippen LogP contribution in [0.25, 0.3) is 0 Å². The second-order valence-corrected chi connectivity index (χ2v) is 4.94. The average Bonchev–Trinajstić information content (AvgIpc) is 3.02. The predicted molar refractivity (Wildman–Crippen MR) is 70.5 cm³/mol. The first-order chi connectivity index (χ1) is 9.75. The van der Waals surface area contributed by atoms with Crippen LogP contribution in [0.5, 0.6) is 0 Å². The number of hydrogen-bond acceptors (Lipinski definition) is 3. The predicted octanol–water partition coefficient (Wildman–Crippen LogP) is 3.18. The maximum atomic E-state index is 13.0. The molecule has 0 bridgehead atoms. The second-order valence-electron chi connectivity index (χ2n) is 4.94. The molecule has 0 aliphatic carbocycles. The molecule has 2 heterocycles. The molecule has 2 aromatic rings. The first kappa shape index (κ1) is 12.8. The molecule has 0 radical (unpaired) electrons. The Bertz CT molecular complexity index is 580. The molecule has 0 spiro atoms. The van der Waals surface area contributed by atoms with Gasteiger partial charge in [0.15, 0.2) is 0 Å². The molecule has 1 aliphatic rings. The molecule has 1 aliphatic heterocycles. The van der Waals surface area contributed by atoms with E-state index in [1.54, 1.807) is 23.1 Å². The molecule has 0 saturated carbocycles. The van der Waals surface area contributed by atoms with Crippen LogP contribution < -0.4 is 0 Å². The highest BCUT2D eigenvalue weighted by Gasteiger charge is 2.30. The van der Waals surface area contributed by atoms with Crippen LogP contribution in [0, 0.1) is 5.82 Å². The van der Waals surface area contributed by atoms with E-state index < -0.39 is 0 Å². The van der Waals surface area contributed by atoms with Crippen molar-refractivity contribution < 1.29 is 13.7 Å². The van der Waals surface area contributed by atoms with Crippen molar-refractivity contribution in [1.29, 1.82) is 0 Å². The van der Waals surface area contributed by atoms with Crippen LogP contribution in [0.3, 0.4) is 0 Å². The van der Waals surface area contributed by atoms with E-state index in [4.69, 9.17) is 4.52 Å². The summed E-state index contributed by atoms with van der Waals surface area (Å²) >= 11 is 0. The van der Waals surface area contributed by atoms with Gasteiger partial charge in [-0.2, -0.15) is 0 Å². The molecule has 0 N–H and O–H groups in total. The molecule has 1 fully saturated rings. The highest BCUT2D eigenvalue weighted by Crippen LogP contribution is 2.32. The van der Waals surface area contributed by atoms with Crippen molar-refractivity contribution in [2.24, 2.45) is 0 Å². The van der Waals surface area contributed by atoms with Gasteiger partial charge in [-0.15, -0.1) is 0 Å². The normalized spacial score (nSPS) is 19.1. The number of piperidine rings is 1. The van der Waals surface area contributed by atoms with Gasteiger partial charge in [-0.05, 0) is 37.0 Å². The Hall–Kier alpha value is -2.17. The fourth-order valence-corrected chi connectivity index (χ4v) is 2.67. The van der Waals surface area contributed by atoms with E-state index in [2.05, 4.69) is 5.16 Å². The van der Waals surface area contributed by atoms with Crippen LogP contribution in [0.1, 0.15) is 41.4 Å². The third-order valence-electron chi connectivity index (χ3n) is 3.67. The van der Waals surface area contributed by atoms with Gasteiger partial charge >= 0.3 is 0 Å². The summed E-state index contributed by atoms with van der Waals surface area (Å²) in [4.78, 5) is 14.2. The number of amides is 1. The third kappa shape index (κ3) is 2.43. The summed E-state index contributed by atoms with van der Waals surface area (Å²) in [5, 5.41) is 3.58. The van der Waals surface area contributed by atoms with Gasteiger partial charge in [-0.1, -0.05) is 17.3 Å². The third-order valence-corrected chi connectivity index (χ3v) is 3.67. The van der Waals surface area contributed by atoms with Crippen molar-refractivity contribution in [3.05, 3.63) is 53.7 Å². The summed E-state index contributed by atoms with van der Waals surface area (Å²) in [6.07, 6.45) is 4.37. The molecule has 1 atom stereocenters. The standard InChI is InChI=1S/C15H15FN2O2/c16-12-6-4-11(5-7-12)13-3-1-2-10-18(13)15(19)14-8-9-17-20-14/h4-9,13H,1-3,10H2. The van der Waals surface area contributed by atoms with Crippen LogP contribution in [-0.4, -0.2) is 22.5 Å². The van der Waals surface area contributed by atoms with Gasteiger partial charge in [0.1, 0.15) is 5.82 Å². The lowest BCUT2D eigenvalue weighted by Crippen LogP contribution is -2.38. The molecule has 1 amide bonds. The van der Waals surface area contributed by atoms with Gasteiger partial charge in [-0.25, -0.2) is 4.39 Å². The lowest BCUT2D eigenvalue weighted by molar-refractivity contribution is 0.0569. The summed E-state index contributed by atoms with van der Waals surface area (Å²) in [5.74, 6) is -0.173. The quantitative estimate of drug-likeness (QED) is 0.845. The van der Waals surface area contributed by atoms with Crippen molar-refractivity contribution >= 4 is 5.91 Å². The van der Waals surface area contributed by atoms with Crippen molar-refractivity contribution in [3.63, 3.8) is 0 Å². The molecule has 104 valence electrons. The highest BCUT2D eigenvalue weighted by atomic mass is 19.1. The van der Waals surface area contributed by atoms with E-state index in [-0.39, 0.29) is 23.5 Å². The Labute approximate surface area is 116 Å². The maximum absolute atomic E-state index is 13.0. The molecule has 3 rings (SSSR count). The fraction of sp³-hybridized carbons (Fsp3) is 0.333. The van der Waals surface area contributed by atoms with E-state index in [9.17, 15) is 9.18 Å². The minimum Gasteiger partial charge on any atom is -0.351 e. The lowest BCUT2D eigenvalue weighted by Gasteiger charge is -2.35. The summed E-state index contributed by atoms with van der Waals surface area (Å²) in [5.41, 5.74) is 0.957. The van der Waals surface area contributed by atoms with Gasteiger partial charge in [0.2, 0.25) is 5.76 Å². The Kier molecular flexibility index (Phi) is 3.50. The van der Waals surface area contributed by atoms with Crippen molar-refractivity contribution in [2.45, 2.75) is 25.3 Å². The largest absolute Gasteiger partial charge is 0.351 e. The molecule has 20 heavy (non-hydrogen) atoms. The van der Waals surface area contributed by atoms with Crippen LogP contribution in [0.4, 0.5) is 4.39 Å². The molecular weight excluding hydrogens is 259 g/mol.